The van der Waals surface area contributed by atoms with Crippen molar-refractivity contribution < 1.29 is 9.84 Å². The molecular weight excluding hydrogens is 250 g/mol. The van der Waals surface area contributed by atoms with Crippen LogP contribution in [0, 0.1) is 0 Å². The van der Waals surface area contributed by atoms with Gasteiger partial charge in [-0.3, -0.25) is 0 Å². The van der Waals surface area contributed by atoms with Gasteiger partial charge in [0.05, 0.1) is 19.8 Å². The fourth-order valence-electron chi connectivity index (χ4n) is 2.76. The lowest BCUT2D eigenvalue weighted by atomic mass is 10.1. The molecule has 1 atom stereocenters. The van der Waals surface area contributed by atoms with Gasteiger partial charge in [0.15, 0.2) is 0 Å². The molecule has 20 heavy (non-hydrogen) atoms. The lowest BCUT2D eigenvalue weighted by Gasteiger charge is -2.16. The molecular formula is C17H19NO2. The highest BCUT2D eigenvalue weighted by Crippen LogP contribution is 2.36. The Bertz CT molecular complexity index is 592. The lowest BCUT2D eigenvalue weighted by molar-refractivity contribution is 0.282. The number of anilines is 1. The topological polar surface area (TPSA) is 41.5 Å². The number of fused-ring (bicyclic) bond motifs is 1. The van der Waals surface area contributed by atoms with Crippen LogP contribution < -0.4 is 10.1 Å². The van der Waals surface area contributed by atoms with Crippen molar-refractivity contribution in [1.82, 2.24) is 0 Å². The van der Waals surface area contributed by atoms with Crippen molar-refractivity contribution in [3.8, 4) is 5.75 Å². The van der Waals surface area contributed by atoms with Crippen LogP contribution in [0.4, 0.5) is 5.69 Å². The summed E-state index contributed by atoms with van der Waals surface area (Å²) in [6.45, 7) is 0.0870. The van der Waals surface area contributed by atoms with E-state index < -0.39 is 0 Å². The molecule has 1 aliphatic carbocycles. The van der Waals surface area contributed by atoms with Gasteiger partial charge in [-0.05, 0) is 53.8 Å². The monoisotopic (exact) mass is 269 g/mol. The Morgan fingerprint density at radius 1 is 1.20 bits per heavy atom. The van der Waals surface area contributed by atoms with Crippen molar-refractivity contribution in [3.05, 3.63) is 59.2 Å². The Labute approximate surface area is 119 Å². The zero-order valence-electron chi connectivity index (χ0n) is 11.6. The molecule has 0 heterocycles. The van der Waals surface area contributed by atoms with Crippen molar-refractivity contribution in [2.75, 3.05) is 12.4 Å². The minimum atomic E-state index is 0.0870. The van der Waals surface area contributed by atoms with Crippen LogP contribution in [0.2, 0.25) is 0 Å². The summed E-state index contributed by atoms with van der Waals surface area (Å²) in [7, 11) is 1.70. The molecule has 104 valence electrons. The largest absolute Gasteiger partial charge is 0.497 e. The first kappa shape index (κ1) is 13.0. The quantitative estimate of drug-likeness (QED) is 0.895. The van der Waals surface area contributed by atoms with Crippen LogP contribution in [0.15, 0.2) is 42.5 Å². The third-order valence-electron chi connectivity index (χ3n) is 3.91. The van der Waals surface area contributed by atoms with E-state index in [0.717, 1.165) is 29.8 Å². The Balaban J connectivity index is 1.79. The van der Waals surface area contributed by atoms with Gasteiger partial charge in [-0.15, -0.1) is 0 Å². The summed E-state index contributed by atoms with van der Waals surface area (Å²) in [5.41, 5.74) is 4.75. The summed E-state index contributed by atoms with van der Waals surface area (Å²) in [4.78, 5) is 0. The first-order valence-corrected chi connectivity index (χ1v) is 6.93. The number of aliphatic hydroxyl groups is 1. The number of ether oxygens (including phenoxy) is 1. The molecule has 3 nitrogen and oxygen atoms in total. The summed E-state index contributed by atoms with van der Waals surface area (Å²) in [5.74, 6) is 0.910. The number of hydrogen-bond donors (Lipinski definition) is 2. The molecule has 1 aliphatic rings. The molecule has 0 aliphatic heterocycles. The first-order chi connectivity index (χ1) is 9.80. The highest BCUT2D eigenvalue weighted by Gasteiger charge is 2.22. The van der Waals surface area contributed by atoms with Crippen molar-refractivity contribution >= 4 is 5.69 Å². The van der Waals surface area contributed by atoms with Crippen molar-refractivity contribution in [2.45, 2.75) is 25.5 Å². The molecule has 0 saturated carbocycles. The Hall–Kier alpha value is -2.00. The molecule has 0 spiro atoms. The Kier molecular flexibility index (Phi) is 3.61. The number of methoxy groups -OCH3 is 1. The number of rotatable bonds is 4. The fraction of sp³-hybridized carbons (Fsp3) is 0.294. The van der Waals surface area contributed by atoms with Crippen LogP contribution in [-0.4, -0.2) is 12.2 Å². The minimum Gasteiger partial charge on any atom is -0.497 e. The summed E-state index contributed by atoms with van der Waals surface area (Å²) in [5, 5.41) is 12.6. The summed E-state index contributed by atoms with van der Waals surface area (Å²) in [6.07, 6.45) is 2.20. The zero-order chi connectivity index (χ0) is 13.9. The Morgan fingerprint density at radius 2 is 2.00 bits per heavy atom. The maximum Gasteiger partial charge on any atom is 0.119 e. The first-order valence-electron chi connectivity index (χ1n) is 6.93. The molecule has 2 N–H and O–H groups in total. The second-order valence-corrected chi connectivity index (χ2v) is 5.16. The third kappa shape index (κ3) is 2.49. The maximum absolute atomic E-state index is 9.07. The van der Waals surface area contributed by atoms with E-state index in [4.69, 9.17) is 9.84 Å². The molecule has 0 amide bonds. The normalized spacial score (nSPS) is 16.8. The molecule has 0 saturated heterocycles. The number of benzene rings is 2. The van der Waals surface area contributed by atoms with Gasteiger partial charge in [-0.2, -0.15) is 0 Å². The lowest BCUT2D eigenvalue weighted by Crippen LogP contribution is -2.07. The van der Waals surface area contributed by atoms with Gasteiger partial charge in [-0.25, -0.2) is 0 Å². The number of nitrogens with one attached hydrogen (secondary N) is 1. The number of aliphatic hydroxyl groups excluding tert-OH is 1. The maximum atomic E-state index is 9.07. The highest BCUT2D eigenvalue weighted by atomic mass is 16.5. The van der Waals surface area contributed by atoms with E-state index >= 15 is 0 Å². The molecule has 0 aromatic heterocycles. The van der Waals surface area contributed by atoms with Gasteiger partial charge >= 0.3 is 0 Å². The summed E-state index contributed by atoms with van der Waals surface area (Å²) < 4.78 is 5.31. The number of aryl methyl sites for hydroxylation is 1. The Morgan fingerprint density at radius 3 is 2.70 bits per heavy atom. The molecule has 0 fully saturated rings. The van der Waals surface area contributed by atoms with Crippen molar-refractivity contribution in [2.24, 2.45) is 0 Å². The van der Waals surface area contributed by atoms with Crippen LogP contribution in [-0.2, 0) is 13.0 Å². The molecule has 2 aromatic carbocycles. The SMILES string of the molecule is COc1ccc2c(c1)C(Nc1ccc(CO)cc1)CC2. The average molecular weight is 269 g/mol. The smallest absolute Gasteiger partial charge is 0.119 e. The summed E-state index contributed by atoms with van der Waals surface area (Å²) >= 11 is 0. The predicted molar refractivity (Wildman–Crippen MR) is 80.0 cm³/mol. The van der Waals surface area contributed by atoms with E-state index in [0.29, 0.717) is 6.04 Å². The van der Waals surface area contributed by atoms with Crippen LogP contribution >= 0.6 is 0 Å². The van der Waals surface area contributed by atoms with E-state index in [-0.39, 0.29) is 6.61 Å². The standard InChI is InChI=1S/C17H19NO2/c1-20-15-8-4-13-5-9-17(16(13)10-15)18-14-6-2-12(11-19)3-7-14/h2-4,6-8,10,17-19H,5,9,11H2,1H3. The minimum absolute atomic E-state index is 0.0870. The van der Waals surface area contributed by atoms with E-state index in [1.807, 2.05) is 30.3 Å². The predicted octanol–water partition coefficient (Wildman–Crippen LogP) is 3.29. The van der Waals surface area contributed by atoms with Crippen LogP contribution in [0.25, 0.3) is 0 Å². The second-order valence-electron chi connectivity index (χ2n) is 5.16. The molecule has 0 radical (unpaired) electrons. The van der Waals surface area contributed by atoms with E-state index in [2.05, 4.69) is 17.4 Å². The van der Waals surface area contributed by atoms with E-state index in [1.165, 1.54) is 11.1 Å². The average Bonchev–Trinajstić information content (AvgIpc) is 2.90. The second kappa shape index (κ2) is 5.55. The van der Waals surface area contributed by atoms with E-state index in [9.17, 15) is 0 Å². The van der Waals surface area contributed by atoms with Crippen molar-refractivity contribution in [3.63, 3.8) is 0 Å². The fourth-order valence-corrected chi connectivity index (χ4v) is 2.76. The molecule has 2 aromatic rings. The van der Waals surface area contributed by atoms with Gasteiger partial charge in [0.2, 0.25) is 0 Å². The number of hydrogen-bond acceptors (Lipinski definition) is 3. The summed E-state index contributed by atoms with van der Waals surface area (Å²) in [6, 6.07) is 14.6. The van der Waals surface area contributed by atoms with Gasteiger partial charge in [0, 0.05) is 5.69 Å². The zero-order valence-corrected chi connectivity index (χ0v) is 11.6. The van der Waals surface area contributed by atoms with Gasteiger partial charge < -0.3 is 15.2 Å². The van der Waals surface area contributed by atoms with E-state index in [1.54, 1.807) is 7.11 Å². The van der Waals surface area contributed by atoms with Crippen LogP contribution in [0.3, 0.4) is 0 Å². The van der Waals surface area contributed by atoms with Gasteiger partial charge in [-0.1, -0.05) is 18.2 Å². The van der Waals surface area contributed by atoms with Crippen LogP contribution in [0.1, 0.15) is 29.2 Å². The molecule has 0 bridgehead atoms. The molecule has 1 unspecified atom stereocenters. The van der Waals surface area contributed by atoms with Gasteiger partial charge in [0.1, 0.15) is 5.75 Å². The molecule has 3 heteroatoms. The highest BCUT2D eigenvalue weighted by molar-refractivity contribution is 5.50. The van der Waals surface area contributed by atoms with Crippen LogP contribution in [0.5, 0.6) is 5.75 Å². The third-order valence-corrected chi connectivity index (χ3v) is 3.91. The van der Waals surface area contributed by atoms with Crippen molar-refractivity contribution in [1.29, 1.82) is 0 Å². The van der Waals surface area contributed by atoms with Gasteiger partial charge in [0.25, 0.3) is 0 Å². The molecule has 3 rings (SSSR count).